The van der Waals surface area contributed by atoms with E-state index in [0.29, 0.717) is 24.6 Å². The van der Waals surface area contributed by atoms with Gasteiger partial charge in [-0.15, -0.1) is 0 Å². The molecule has 3 nitrogen and oxygen atoms in total. The topological polar surface area (TPSA) is 35.5 Å². The zero-order valence-electron chi connectivity index (χ0n) is 12.5. The van der Waals surface area contributed by atoms with Crippen LogP contribution in [-0.4, -0.2) is 48.3 Å². The first-order valence-corrected chi connectivity index (χ1v) is 7.75. The fraction of sp³-hybridized carbons (Fsp3) is 1.00. The molecule has 2 atom stereocenters. The molecule has 108 valence electrons. The lowest BCUT2D eigenvalue weighted by atomic mass is 10.0. The maximum absolute atomic E-state index is 9.01. The first-order valence-electron chi connectivity index (χ1n) is 7.75. The molecule has 1 heterocycles. The van der Waals surface area contributed by atoms with Crippen LogP contribution in [-0.2, 0) is 0 Å². The maximum Gasteiger partial charge on any atom is 0.0434 e. The molecule has 0 bridgehead atoms. The van der Waals surface area contributed by atoms with Gasteiger partial charge in [0.05, 0.1) is 0 Å². The van der Waals surface area contributed by atoms with Gasteiger partial charge in [-0.3, -0.25) is 0 Å². The summed E-state index contributed by atoms with van der Waals surface area (Å²) < 4.78 is 0. The smallest absolute Gasteiger partial charge is 0.0434 e. The Bertz CT molecular complexity index is 209. The molecule has 3 heteroatoms. The van der Waals surface area contributed by atoms with Crippen molar-refractivity contribution in [1.82, 2.24) is 10.2 Å². The Morgan fingerprint density at radius 1 is 1.28 bits per heavy atom. The van der Waals surface area contributed by atoms with E-state index >= 15 is 0 Å². The third-order valence-corrected chi connectivity index (χ3v) is 4.30. The van der Waals surface area contributed by atoms with Crippen LogP contribution in [0.5, 0.6) is 0 Å². The molecule has 0 saturated carbocycles. The van der Waals surface area contributed by atoms with Crippen LogP contribution >= 0.6 is 0 Å². The van der Waals surface area contributed by atoms with E-state index in [1.165, 1.54) is 38.8 Å². The predicted octanol–water partition coefficient (Wildman–Crippen LogP) is 2.25. The Labute approximate surface area is 113 Å². The van der Waals surface area contributed by atoms with Gasteiger partial charge in [-0.25, -0.2) is 0 Å². The standard InChI is InChI=1S/C15H32N2O/c1-4-14(8-11-18)12-16-15-6-5-9-17(10-7-15)13(2)3/h13-16,18H,4-12H2,1-3H3. The number of hydrogen-bond acceptors (Lipinski definition) is 3. The summed E-state index contributed by atoms with van der Waals surface area (Å²) in [7, 11) is 0. The molecule has 0 spiro atoms. The summed E-state index contributed by atoms with van der Waals surface area (Å²) in [5.74, 6) is 0.638. The van der Waals surface area contributed by atoms with Crippen molar-refractivity contribution in [1.29, 1.82) is 0 Å². The summed E-state index contributed by atoms with van der Waals surface area (Å²) in [6.45, 7) is 10.7. The van der Waals surface area contributed by atoms with Gasteiger partial charge in [0.1, 0.15) is 0 Å². The molecule has 1 aliphatic rings. The van der Waals surface area contributed by atoms with Crippen LogP contribution in [0.2, 0.25) is 0 Å². The van der Waals surface area contributed by atoms with Crippen LogP contribution in [0, 0.1) is 5.92 Å². The first kappa shape index (κ1) is 15.9. The quantitative estimate of drug-likeness (QED) is 0.733. The monoisotopic (exact) mass is 256 g/mol. The van der Waals surface area contributed by atoms with Gasteiger partial charge in [0, 0.05) is 18.7 Å². The highest BCUT2D eigenvalue weighted by molar-refractivity contribution is 4.77. The number of rotatable bonds is 7. The second-order valence-corrected chi connectivity index (χ2v) is 5.95. The highest BCUT2D eigenvalue weighted by atomic mass is 16.3. The van der Waals surface area contributed by atoms with Gasteiger partial charge >= 0.3 is 0 Å². The zero-order chi connectivity index (χ0) is 13.4. The molecule has 1 rings (SSSR count). The average Bonchev–Trinajstić information content (AvgIpc) is 2.60. The third-order valence-electron chi connectivity index (χ3n) is 4.30. The summed E-state index contributed by atoms with van der Waals surface area (Å²) in [5, 5.41) is 12.7. The van der Waals surface area contributed by atoms with Crippen molar-refractivity contribution in [3.05, 3.63) is 0 Å². The summed E-state index contributed by atoms with van der Waals surface area (Å²) in [6, 6.07) is 1.36. The van der Waals surface area contributed by atoms with E-state index in [1.54, 1.807) is 0 Å². The van der Waals surface area contributed by atoms with Crippen molar-refractivity contribution in [2.24, 2.45) is 5.92 Å². The predicted molar refractivity (Wildman–Crippen MR) is 77.8 cm³/mol. The minimum atomic E-state index is 0.325. The van der Waals surface area contributed by atoms with Crippen molar-refractivity contribution < 1.29 is 5.11 Å². The summed E-state index contributed by atoms with van der Waals surface area (Å²) >= 11 is 0. The van der Waals surface area contributed by atoms with E-state index in [0.717, 1.165) is 13.0 Å². The lowest BCUT2D eigenvalue weighted by molar-refractivity contribution is 0.227. The fourth-order valence-corrected chi connectivity index (χ4v) is 2.81. The van der Waals surface area contributed by atoms with E-state index in [4.69, 9.17) is 5.11 Å². The lowest BCUT2D eigenvalue weighted by Crippen LogP contribution is -2.36. The molecule has 0 amide bonds. The SMILES string of the molecule is CCC(CCO)CNC1CCCN(C(C)C)CC1. The van der Waals surface area contributed by atoms with Gasteiger partial charge in [0.15, 0.2) is 0 Å². The van der Waals surface area contributed by atoms with Gasteiger partial charge in [0.2, 0.25) is 0 Å². The van der Waals surface area contributed by atoms with Crippen molar-refractivity contribution in [2.45, 2.75) is 65.0 Å². The molecule has 0 aromatic carbocycles. The van der Waals surface area contributed by atoms with E-state index in [9.17, 15) is 0 Å². The van der Waals surface area contributed by atoms with E-state index in [1.807, 2.05) is 0 Å². The normalized spacial score (nSPS) is 24.2. The van der Waals surface area contributed by atoms with Gasteiger partial charge in [-0.1, -0.05) is 13.3 Å². The molecule has 2 unspecified atom stereocenters. The molecular formula is C15H32N2O. The first-order chi connectivity index (χ1) is 8.67. The Hall–Kier alpha value is -0.120. The third kappa shape index (κ3) is 5.68. The molecule has 0 aliphatic carbocycles. The number of likely N-dealkylation sites (tertiary alicyclic amines) is 1. The van der Waals surface area contributed by atoms with E-state index in [-0.39, 0.29) is 0 Å². The Morgan fingerprint density at radius 2 is 2.06 bits per heavy atom. The largest absolute Gasteiger partial charge is 0.396 e. The summed E-state index contributed by atoms with van der Waals surface area (Å²) in [6.07, 6.45) is 5.99. The van der Waals surface area contributed by atoms with Crippen LogP contribution in [0.1, 0.15) is 52.9 Å². The Balaban J connectivity index is 2.26. The molecule has 1 saturated heterocycles. The Kier molecular flexibility index (Phi) is 7.87. The van der Waals surface area contributed by atoms with Gasteiger partial charge in [0.25, 0.3) is 0 Å². The van der Waals surface area contributed by atoms with E-state index < -0.39 is 0 Å². The number of hydrogen-bond donors (Lipinski definition) is 2. The minimum Gasteiger partial charge on any atom is -0.396 e. The number of nitrogens with zero attached hydrogens (tertiary/aromatic N) is 1. The lowest BCUT2D eigenvalue weighted by Gasteiger charge is -2.24. The van der Waals surface area contributed by atoms with Crippen LogP contribution in [0.15, 0.2) is 0 Å². The van der Waals surface area contributed by atoms with Crippen LogP contribution in [0.3, 0.4) is 0 Å². The maximum atomic E-state index is 9.01. The van der Waals surface area contributed by atoms with Crippen molar-refractivity contribution in [2.75, 3.05) is 26.2 Å². The highest BCUT2D eigenvalue weighted by Crippen LogP contribution is 2.14. The second kappa shape index (κ2) is 8.89. The molecule has 0 aromatic rings. The number of aliphatic hydroxyl groups is 1. The molecule has 1 fully saturated rings. The Morgan fingerprint density at radius 3 is 2.67 bits per heavy atom. The van der Waals surface area contributed by atoms with Gasteiger partial charge in [-0.2, -0.15) is 0 Å². The van der Waals surface area contributed by atoms with Crippen LogP contribution in [0.25, 0.3) is 0 Å². The average molecular weight is 256 g/mol. The summed E-state index contributed by atoms with van der Waals surface area (Å²) in [5.41, 5.74) is 0. The van der Waals surface area contributed by atoms with Crippen LogP contribution < -0.4 is 5.32 Å². The number of aliphatic hydroxyl groups excluding tert-OH is 1. The minimum absolute atomic E-state index is 0.325. The van der Waals surface area contributed by atoms with Crippen molar-refractivity contribution >= 4 is 0 Å². The molecule has 0 radical (unpaired) electrons. The van der Waals surface area contributed by atoms with Crippen molar-refractivity contribution in [3.63, 3.8) is 0 Å². The van der Waals surface area contributed by atoms with Gasteiger partial charge < -0.3 is 15.3 Å². The van der Waals surface area contributed by atoms with E-state index in [2.05, 4.69) is 31.0 Å². The van der Waals surface area contributed by atoms with Crippen LogP contribution in [0.4, 0.5) is 0 Å². The number of nitrogens with one attached hydrogen (secondary N) is 1. The fourth-order valence-electron chi connectivity index (χ4n) is 2.81. The van der Waals surface area contributed by atoms with Crippen molar-refractivity contribution in [3.8, 4) is 0 Å². The molecule has 0 aromatic heterocycles. The second-order valence-electron chi connectivity index (χ2n) is 5.95. The molecular weight excluding hydrogens is 224 g/mol. The van der Waals surface area contributed by atoms with Gasteiger partial charge in [-0.05, 0) is 65.1 Å². The molecule has 1 aliphatic heterocycles. The summed E-state index contributed by atoms with van der Waals surface area (Å²) in [4.78, 5) is 2.59. The highest BCUT2D eigenvalue weighted by Gasteiger charge is 2.18. The molecule has 18 heavy (non-hydrogen) atoms. The molecule has 2 N–H and O–H groups in total. The zero-order valence-corrected chi connectivity index (χ0v) is 12.5.